The van der Waals surface area contributed by atoms with Gasteiger partial charge in [-0.25, -0.2) is 9.78 Å². The van der Waals surface area contributed by atoms with Gasteiger partial charge in [0.1, 0.15) is 0 Å². The maximum Gasteiger partial charge on any atom is 0.411 e. The number of hydrogen-bond donors (Lipinski definition) is 4. The molecule has 0 aliphatic carbocycles. The van der Waals surface area contributed by atoms with E-state index in [4.69, 9.17) is 5.11 Å². The highest BCUT2D eigenvalue weighted by atomic mass is 79.9. The summed E-state index contributed by atoms with van der Waals surface area (Å²) in [6, 6.07) is 13.6. The van der Waals surface area contributed by atoms with Gasteiger partial charge in [-0.1, -0.05) is 24.3 Å². The molecule has 1 aliphatic rings. The Labute approximate surface area is 194 Å². The van der Waals surface area contributed by atoms with Gasteiger partial charge in [0.05, 0.1) is 17.1 Å². The number of imidazole rings is 1. The number of carboxylic acid groups (broad SMARTS) is 1. The number of thiophene rings is 1. The Morgan fingerprint density at radius 2 is 2.06 bits per heavy atom. The quantitative estimate of drug-likeness (QED) is 0.310. The lowest BCUT2D eigenvalue weighted by atomic mass is 9.93. The standard InChI is InChI=1S/C22H17BrN4O4S/c1-11(18-9-13(23)10-32-18)27-19(28)14-4-2-3-5-15(14)22(27,31)12-6-7-16-17(8-12)25-20(24-16)26-21(29)30/h2-11,31H,1H3,(H,29,30)(H2,24,25,26). The maximum atomic E-state index is 13.5. The number of aromatic nitrogens is 2. The van der Waals surface area contributed by atoms with E-state index in [-0.39, 0.29) is 11.9 Å². The Hall–Kier alpha value is -3.21. The average molecular weight is 513 g/mol. The average Bonchev–Trinajstić information content (AvgIpc) is 3.42. The maximum absolute atomic E-state index is 13.5. The van der Waals surface area contributed by atoms with Crippen LogP contribution in [0.4, 0.5) is 10.7 Å². The number of benzene rings is 2. The van der Waals surface area contributed by atoms with Crippen molar-refractivity contribution >= 4 is 56.2 Å². The molecule has 0 spiro atoms. The number of fused-ring (bicyclic) bond motifs is 2. The lowest BCUT2D eigenvalue weighted by molar-refractivity contribution is -0.0670. The highest BCUT2D eigenvalue weighted by Gasteiger charge is 2.52. The molecule has 2 atom stereocenters. The number of halogens is 1. The molecule has 2 aromatic heterocycles. The minimum absolute atomic E-state index is 0.0770. The van der Waals surface area contributed by atoms with Crippen molar-refractivity contribution in [3.63, 3.8) is 0 Å². The monoisotopic (exact) mass is 512 g/mol. The van der Waals surface area contributed by atoms with Crippen molar-refractivity contribution in [1.29, 1.82) is 0 Å². The summed E-state index contributed by atoms with van der Waals surface area (Å²) in [4.78, 5) is 33.9. The zero-order chi connectivity index (χ0) is 22.6. The smallest absolute Gasteiger partial charge is 0.411 e. The number of H-pyrrole nitrogens is 1. The Morgan fingerprint density at radius 1 is 1.28 bits per heavy atom. The van der Waals surface area contributed by atoms with Crippen molar-refractivity contribution < 1.29 is 19.8 Å². The summed E-state index contributed by atoms with van der Waals surface area (Å²) in [6.07, 6.45) is -1.24. The van der Waals surface area contributed by atoms with Crippen LogP contribution >= 0.6 is 27.3 Å². The van der Waals surface area contributed by atoms with E-state index in [0.29, 0.717) is 27.7 Å². The summed E-state index contributed by atoms with van der Waals surface area (Å²) >= 11 is 4.96. The number of nitrogens with zero attached hydrogens (tertiary/aromatic N) is 2. The van der Waals surface area contributed by atoms with Crippen molar-refractivity contribution in [2.24, 2.45) is 0 Å². The van der Waals surface area contributed by atoms with E-state index < -0.39 is 17.9 Å². The number of carbonyl (C=O) groups is 2. The molecule has 32 heavy (non-hydrogen) atoms. The van der Waals surface area contributed by atoms with Crippen LogP contribution in [0.3, 0.4) is 0 Å². The van der Waals surface area contributed by atoms with Crippen LogP contribution in [0, 0.1) is 0 Å². The zero-order valence-electron chi connectivity index (χ0n) is 16.7. The normalized spacial score (nSPS) is 18.7. The number of nitrogens with one attached hydrogen (secondary N) is 2. The summed E-state index contributed by atoms with van der Waals surface area (Å²) in [6.45, 7) is 1.88. The Kier molecular flexibility index (Phi) is 4.81. The minimum atomic E-state index is -1.73. The third-order valence-corrected chi connectivity index (χ3v) is 7.46. The molecule has 0 bridgehead atoms. The Morgan fingerprint density at radius 3 is 2.78 bits per heavy atom. The molecule has 10 heteroatoms. The van der Waals surface area contributed by atoms with Gasteiger partial charge in [-0.15, -0.1) is 11.3 Å². The van der Waals surface area contributed by atoms with E-state index >= 15 is 0 Å². The second-order valence-corrected chi connectivity index (χ2v) is 9.34. The first-order chi connectivity index (χ1) is 15.3. The molecule has 4 N–H and O–H groups in total. The molecule has 0 saturated heterocycles. The second kappa shape index (κ2) is 7.44. The van der Waals surface area contributed by atoms with E-state index in [1.807, 2.05) is 18.4 Å². The van der Waals surface area contributed by atoms with Gasteiger partial charge >= 0.3 is 6.09 Å². The van der Waals surface area contributed by atoms with Crippen molar-refractivity contribution in [3.8, 4) is 0 Å². The summed E-state index contributed by atoms with van der Waals surface area (Å²) < 4.78 is 0.911. The SMILES string of the molecule is CC(c1cc(Br)cs1)N1C(=O)c2ccccc2C1(O)c1ccc2[nH]c(NC(=O)O)nc2c1. The molecule has 0 saturated carbocycles. The van der Waals surface area contributed by atoms with Gasteiger partial charge in [-0.3, -0.25) is 15.0 Å². The zero-order valence-corrected chi connectivity index (χ0v) is 19.1. The summed E-state index contributed by atoms with van der Waals surface area (Å²) in [5, 5.41) is 25.2. The van der Waals surface area contributed by atoms with E-state index in [1.54, 1.807) is 42.5 Å². The van der Waals surface area contributed by atoms with Gasteiger partial charge in [-0.2, -0.15) is 0 Å². The van der Waals surface area contributed by atoms with Gasteiger partial charge in [0, 0.05) is 31.4 Å². The van der Waals surface area contributed by atoms with Crippen LogP contribution in [0.25, 0.3) is 11.0 Å². The molecule has 162 valence electrons. The van der Waals surface area contributed by atoms with Gasteiger partial charge in [0.2, 0.25) is 5.95 Å². The largest absolute Gasteiger partial charge is 0.465 e. The van der Waals surface area contributed by atoms with E-state index in [9.17, 15) is 14.7 Å². The molecule has 3 heterocycles. The van der Waals surface area contributed by atoms with E-state index in [1.165, 1.54) is 16.2 Å². The van der Waals surface area contributed by atoms with Crippen LogP contribution in [0.5, 0.6) is 0 Å². The molecule has 2 aromatic carbocycles. The fraction of sp³-hybridized carbons (Fsp3) is 0.136. The summed E-state index contributed by atoms with van der Waals surface area (Å²) in [7, 11) is 0. The van der Waals surface area contributed by atoms with Crippen LogP contribution in [0.2, 0.25) is 0 Å². The molecule has 2 amide bonds. The molecular formula is C22H17BrN4O4S. The van der Waals surface area contributed by atoms with Crippen LogP contribution in [-0.4, -0.2) is 37.1 Å². The number of aliphatic hydroxyl groups is 1. The number of aromatic amines is 1. The topological polar surface area (TPSA) is 119 Å². The molecule has 0 radical (unpaired) electrons. The third kappa shape index (κ3) is 3.10. The first-order valence-corrected chi connectivity index (χ1v) is 11.4. The number of anilines is 1. The van der Waals surface area contributed by atoms with Crippen LogP contribution in [0.15, 0.2) is 58.4 Å². The van der Waals surface area contributed by atoms with Crippen molar-refractivity contribution in [3.05, 3.63) is 80.0 Å². The highest BCUT2D eigenvalue weighted by Crippen LogP contribution is 2.47. The van der Waals surface area contributed by atoms with Gasteiger partial charge in [0.15, 0.2) is 5.72 Å². The first-order valence-electron chi connectivity index (χ1n) is 9.68. The van der Waals surface area contributed by atoms with Crippen LogP contribution < -0.4 is 5.32 Å². The molecule has 1 aliphatic heterocycles. The highest BCUT2D eigenvalue weighted by molar-refractivity contribution is 9.10. The second-order valence-electron chi connectivity index (χ2n) is 7.48. The molecule has 5 rings (SSSR count). The predicted octanol–water partition coefficient (Wildman–Crippen LogP) is 4.89. The molecule has 0 fully saturated rings. The van der Waals surface area contributed by atoms with Crippen molar-refractivity contribution in [2.45, 2.75) is 18.7 Å². The third-order valence-electron chi connectivity index (χ3n) is 5.60. The van der Waals surface area contributed by atoms with Crippen molar-refractivity contribution in [1.82, 2.24) is 14.9 Å². The molecule has 8 nitrogen and oxygen atoms in total. The van der Waals surface area contributed by atoms with Gasteiger partial charge in [-0.05, 0) is 47.1 Å². The van der Waals surface area contributed by atoms with Crippen molar-refractivity contribution in [2.75, 3.05) is 5.32 Å². The fourth-order valence-corrected chi connectivity index (χ4v) is 5.68. The predicted molar refractivity (Wildman–Crippen MR) is 124 cm³/mol. The summed E-state index contributed by atoms with van der Waals surface area (Å²) in [5.74, 6) is -0.191. The summed E-state index contributed by atoms with van der Waals surface area (Å²) in [5.41, 5.74) is 0.721. The number of hydrogen-bond acceptors (Lipinski definition) is 5. The van der Waals surface area contributed by atoms with E-state index in [2.05, 4.69) is 31.2 Å². The fourth-order valence-electron chi connectivity index (χ4n) is 4.19. The van der Waals surface area contributed by atoms with Gasteiger partial charge < -0.3 is 15.2 Å². The Balaban J connectivity index is 1.67. The first kappa shape index (κ1) is 20.7. The Bertz CT molecular complexity index is 1380. The number of amides is 2. The lowest BCUT2D eigenvalue weighted by Gasteiger charge is -2.38. The minimum Gasteiger partial charge on any atom is -0.465 e. The van der Waals surface area contributed by atoms with Crippen LogP contribution in [-0.2, 0) is 5.72 Å². The van der Waals surface area contributed by atoms with E-state index in [0.717, 1.165) is 9.35 Å². The molecule has 2 unspecified atom stereocenters. The van der Waals surface area contributed by atoms with Crippen LogP contribution in [0.1, 0.15) is 39.3 Å². The number of carbonyl (C=O) groups excluding carboxylic acids is 1. The molecule has 4 aromatic rings. The number of rotatable bonds is 4. The van der Waals surface area contributed by atoms with Gasteiger partial charge in [0.25, 0.3) is 5.91 Å². The lowest BCUT2D eigenvalue weighted by Crippen LogP contribution is -2.45. The molecular weight excluding hydrogens is 496 g/mol.